The number of carbonyl (C=O) groups is 1. The molecule has 1 aliphatic rings. The highest BCUT2D eigenvalue weighted by molar-refractivity contribution is 8.06. The molecule has 0 fully saturated rings. The van der Waals surface area contributed by atoms with Crippen molar-refractivity contribution in [1.29, 1.82) is 0 Å². The van der Waals surface area contributed by atoms with Gasteiger partial charge in [-0.2, -0.15) is 13.6 Å². The minimum absolute atomic E-state index is 0.0743. The lowest BCUT2D eigenvalue weighted by Gasteiger charge is -2.40. The summed E-state index contributed by atoms with van der Waals surface area (Å²) in [6.45, 7) is 1.50. The molecule has 0 saturated heterocycles. The second-order valence-corrected chi connectivity index (χ2v) is 8.76. The van der Waals surface area contributed by atoms with Gasteiger partial charge in [0.2, 0.25) is 5.95 Å². The number of fused-ring (bicyclic) bond motifs is 1. The molecule has 11 heteroatoms. The second kappa shape index (κ2) is 8.26. The molecule has 10 nitrogen and oxygen atoms in total. The molecule has 0 aliphatic carbocycles. The Morgan fingerprint density at radius 2 is 1.94 bits per heavy atom. The van der Waals surface area contributed by atoms with Gasteiger partial charge in [-0.25, -0.2) is 9.59 Å². The van der Waals surface area contributed by atoms with E-state index in [4.69, 9.17) is 4.74 Å². The van der Waals surface area contributed by atoms with Crippen LogP contribution in [0.4, 0.5) is 16.4 Å². The first-order valence-electron chi connectivity index (χ1n) is 9.51. The Bertz CT molecular complexity index is 1240. The summed E-state index contributed by atoms with van der Waals surface area (Å²) >= 11 is 0. The lowest BCUT2D eigenvalue weighted by Crippen LogP contribution is -2.54. The Hall–Kier alpha value is -3.60. The van der Waals surface area contributed by atoms with Crippen molar-refractivity contribution in [1.82, 2.24) is 10.1 Å². The van der Waals surface area contributed by atoms with E-state index in [1.807, 2.05) is 6.07 Å². The molecule has 0 amide bonds. The van der Waals surface area contributed by atoms with E-state index in [0.29, 0.717) is 23.2 Å². The maximum Gasteiger partial charge on any atom is 0.461 e. The number of aromatic nitrogens is 2. The summed E-state index contributed by atoms with van der Waals surface area (Å²) in [5.74, 6) is -0.731. The SMILES string of the molecule is C[C@@H]1[C@H](Nc2nc(=O)o[nH]2)Cc2ccccc2N1S(=O)(=O)C(=O)OCc1ccccc1. The molecule has 2 heterocycles. The molecule has 1 aliphatic heterocycles. The van der Waals surface area contributed by atoms with E-state index in [-0.39, 0.29) is 12.6 Å². The number of anilines is 2. The number of benzene rings is 2. The summed E-state index contributed by atoms with van der Waals surface area (Å²) in [6.07, 6.45) is 0.442. The minimum atomic E-state index is -4.50. The first-order chi connectivity index (χ1) is 14.9. The van der Waals surface area contributed by atoms with Crippen LogP contribution in [0, 0.1) is 0 Å². The number of para-hydroxylation sites is 1. The number of rotatable bonds is 5. The highest BCUT2D eigenvalue weighted by Crippen LogP contribution is 2.34. The van der Waals surface area contributed by atoms with Gasteiger partial charge in [-0.3, -0.25) is 4.31 Å². The predicted molar refractivity (Wildman–Crippen MR) is 112 cm³/mol. The Labute approximate surface area is 177 Å². The average Bonchev–Trinajstić information content (AvgIpc) is 3.17. The van der Waals surface area contributed by atoms with Crippen molar-refractivity contribution < 1.29 is 22.5 Å². The quantitative estimate of drug-likeness (QED) is 0.572. The number of hydrogen-bond donors (Lipinski definition) is 2. The molecule has 1 aromatic heterocycles. The number of sulfonamides is 1. The monoisotopic (exact) mass is 444 g/mol. The summed E-state index contributed by atoms with van der Waals surface area (Å²) in [6, 6.07) is 14.5. The molecule has 0 unspecified atom stereocenters. The molecule has 3 aromatic rings. The summed E-state index contributed by atoms with van der Waals surface area (Å²) in [4.78, 5) is 27.4. The zero-order chi connectivity index (χ0) is 22.0. The molecular formula is C20H20N4O6S. The van der Waals surface area contributed by atoms with Gasteiger partial charge in [0.15, 0.2) is 0 Å². The maximum absolute atomic E-state index is 13.2. The number of nitrogens with one attached hydrogen (secondary N) is 2. The van der Waals surface area contributed by atoms with Crippen molar-refractivity contribution in [2.24, 2.45) is 0 Å². The zero-order valence-electron chi connectivity index (χ0n) is 16.5. The van der Waals surface area contributed by atoms with Crippen LogP contribution < -0.4 is 15.4 Å². The number of H-pyrrole nitrogens is 1. The Balaban J connectivity index is 1.62. The number of hydrogen-bond acceptors (Lipinski definition) is 8. The van der Waals surface area contributed by atoms with Crippen LogP contribution in [0.15, 0.2) is 63.9 Å². The van der Waals surface area contributed by atoms with Crippen LogP contribution >= 0.6 is 0 Å². The van der Waals surface area contributed by atoms with Gasteiger partial charge in [-0.1, -0.05) is 48.5 Å². The average molecular weight is 444 g/mol. The lowest BCUT2D eigenvalue weighted by atomic mass is 9.94. The van der Waals surface area contributed by atoms with Crippen molar-refractivity contribution in [3.05, 3.63) is 76.3 Å². The molecule has 2 N–H and O–H groups in total. The van der Waals surface area contributed by atoms with Crippen molar-refractivity contribution in [3.63, 3.8) is 0 Å². The molecule has 4 rings (SSSR count). The van der Waals surface area contributed by atoms with Crippen molar-refractivity contribution in [3.8, 4) is 0 Å². The van der Waals surface area contributed by atoms with Gasteiger partial charge in [0, 0.05) is 0 Å². The van der Waals surface area contributed by atoms with Crippen LogP contribution in [-0.2, 0) is 27.8 Å². The number of carbonyl (C=O) groups excluding carboxylic acids is 1. The van der Waals surface area contributed by atoms with Gasteiger partial charge < -0.3 is 14.6 Å². The fourth-order valence-corrected chi connectivity index (χ4v) is 4.94. The standard InChI is InChI=1S/C20H20N4O6S/c1-13-16(21-18-22-19(25)30-23-18)11-15-9-5-6-10-17(15)24(13)31(27,28)20(26)29-12-14-7-3-2-4-8-14/h2-10,13,16H,11-12H2,1H3,(H2,21,22,23,25)/t13-,16-/m1/s1. The van der Waals surface area contributed by atoms with E-state index in [1.54, 1.807) is 55.5 Å². The van der Waals surface area contributed by atoms with Crippen molar-refractivity contribution in [2.45, 2.75) is 32.0 Å². The van der Waals surface area contributed by atoms with E-state index < -0.39 is 33.2 Å². The predicted octanol–water partition coefficient (Wildman–Crippen LogP) is 2.26. The van der Waals surface area contributed by atoms with E-state index in [1.165, 1.54) is 0 Å². The van der Waals surface area contributed by atoms with Crippen molar-refractivity contribution in [2.75, 3.05) is 9.62 Å². The van der Waals surface area contributed by atoms with Gasteiger partial charge in [0.1, 0.15) is 6.61 Å². The molecule has 31 heavy (non-hydrogen) atoms. The topological polar surface area (TPSA) is 135 Å². The zero-order valence-corrected chi connectivity index (χ0v) is 17.3. The molecule has 2 atom stereocenters. The maximum atomic E-state index is 13.2. The van der Waals surface area contributed by atoms with E-state index in [0.717, 1.165) is 4.31 Å². The molecule has 2 aromatic carbocycles. The first kappa shape index (κ1) is 20.7. The van der Waals surface area contributed by atoms with Crippen LogP contribution in [0.25, 0.3) is 0 Å². The summed E-state index contributed by atoms with van der Waals surface area (Å²) < 4.78 is 37.1. The summed E-state index contributed by atoms with van der Waals surface area (Å²) in [5.41, 5.74) is 1.79. The normalized spacial score (nSPS) is 18.3. The summed E-state index contributed by atoms with van der Waals surface area (Å²) in [7, 11) is -4.50. The fraction of sp³-hybridized carbons (Fsp3) is 0.250. The smallest absolute Gasteiger partial charge is 0.448 e. The largest absolute Gasteiger partial charge is 0.461 e. The van der Waals surface area contributed by atoms with Gasteiger partial charge in [-0.05, 0) is 30.5 Å². The van der Waals surface area contributed by atoms with E-state index in [9.17, 15) is 18.0 Å². The van der Waals surface area contributed by atoms with Gasteiger partial charge in [0.05, 0.1) is 17.8 Å². The van der Waals surface area contributed by atoms with E-state index >= 15 is 0 Å². The van der Waals surface area contributed by atoms with E-state index in [2.05, 4.69) is 20.0 Å². The molecule has 0 spiro atoms. The van der Waals surface area contributed by atoms with Crippen molar-refractivity contribution >= 4 is 27.0 Å². The summed E-state index contributed by atoms with van der Waals surface area (Å²) in [5, 5.41) is 3.98. The van der Waals surface area contributed by atoms with Crippen LogP contribution in [0.5, 0.6) is 0 Å². The van der Waals surface area contributed by atoms with Crippen LogP contribution in [0.1, 0.15) is 18.1 Å². The van der Waals surface area contributed by atoms with Gasteiger partial charge in [0.25, 0.3) is 0 Å². The number of nitrogens with zero attached hydrogens (tertiary/aromatic N) is 2. The Morgan fingerprint density at radius 3 is 2.65 bits per heavy atom. The highest BCUT2D eigenvalue weighted by Gasteiger charge is 2.43. The third-order valence-electron chi connectivity index (χ3n) is 5.05. The van der Waals surface area contributed by atoms with Crippen LogP contribution in [0.2, 0.25) is 0 Å². The third-order valence-corrected chi connectivity index (χ3v) is 6.64. The van der Waals surface area contributed by atoms with Crippen LogP contribution in [0.3, 0.4) is 0 Å². The lowest BCUT2D eigenvalue weighted by molar-refractivity contribution is 0.165. The number of ether oxygens (including phenoxy) is 1. The Kier molecular flexibility index (Phi) is 5.51. The third kappa shape index (κ3) is 4.17. The van der Waals surface area contributed by atoms with Crippen LogP contribution in [-0.4, -0.2) is 35.9 Å². The minimum Gasteiger partial charge on any atom is -0.448 e. The highest BCUT2D eigenvalue weighted by atomic mass is 32.2. The van der Waals surface area contributed by atoms with Gasteiger partial charge in [-0.15, -0.1) is 4.98 Å². The molecular weight excluding hydrogens is 424 g/mol. The Morgan fingerprint density at radius 1 is 1.23 bits per heavy atom. The van der Waals surface area contributed by atoms with Gasteiger partial charge >= 0.3 is 21.1 Å². The number of aromatic amines is 1. The molecule has 0 radical (unpaired) electrons. The first-order valence-corrected chi connectivity index (χ1v) is 11.0. The molecule has 0 saturated carbocycles. The second-order valence-electron chi connectivity index (χ2n) is 7.08. The molecule has 0 bridgehead atoms. The fourth-order valence-electron chi connectivity index (χ4n) is 3.55. The molecule has 162 valence electrons.